The minimum absolute atomic E-state index is 0.0956. The third kappa shape index (κ3) is 3.78. The summed E-state index contributed by atoms with van der Waals surface area (Å²) in [5.74, 6) is -1.56. The lowest BCUT2D eigenvalue weighted by molar-refractivity contribution is -0.124. The second-order valence-electron chi connectivity index (χ2n) is 7.04. The number of amides is 1. The van der Waals surface area contributed by atoms with Crippen LogP contribution in [0.2, 0.25) is 5.02 Å². The number of rotatable bonds is 5. The Morgan fingerprint density at radius 1 is 1.20 bits per heavy atom. The molecule has 30 heavy (non-hydrogen) atoms. The molecule has 1 aliphatic rings. The molecule has 1 saturated heterocycles. The van der Waals surface area contributed by atoms with Crippen LogP contribution in [0, 0.1) is 5.82 Å². The van der Waals surface area contributed by atoms with E-state index < -0.39 is 33.7 Å². The Kier molecular flexibility index (Phi) is 5.25. The van der Waals surface area contributed by atoms with Gasteiger partial charge in [-0.3, -0.25) is 4.79 Å². The molecule has 10 heteroatoms. The monoisotopic (exact) mass is 448 g/mol. The van der Waals surface area contributed by atoms with Gasteiger partial charge in [0.25, 0.3) is 15.9 Å². The predicted molar refractivity (Wildman–Crippen MR) is 110 cm³/mol. The van der Waals surface area contributed by atoms with Crippen LogP contribution >= 0.6 is 11.6 Å². The standard InChI is InChI=1S/C20H18ClFN4O3S/c1-25-11-18(23-12-25)30(28,29)26-10-17(13-5-7-15(22)8-6-13)19(20(26)27)24-16-4-2-3-14(21)9-16/h2-9,11-12,17,19,24H,10H2,1H3/t17-,19-/m1/s1. The zero-order chi connectivity index (χ0) is 21.5. The number of aromatic nitrogens is 2. The molecule has 2 aromatic carbocycles. The van der Waals surface area contributed by atoms with Gasteiger partial charge in [-0.15, -0.1) is 0 Å². The maximum Gasteiger partial charge on any atom is 0.285 e. The highest BCUT2D eigenvalue weighted by atomic mass is 35.5. The molecule has 0 unspecified atom stereocenters. The van der Waals surface area contributed by atoms with Crippen molar-refractivity contribution in [3.8, 4) is 0 Å². The Hall–Kier alpha value is -2.91. The van der Waals surface area contributed by atoms with Crippen molar-refractivity contribution in [1.82, 2.24) is 13.9 Å². The van der Waals surface area contributed by atoms with E-state index in [0.717, 1.165) is 4.31 Å². The number of nitrogens with one attached hydrogen (secondary N) is 1. The van der Waals surface area contributed by atoms with Crippen LogP contribution in [-0.4, -0.2) is 40.8 Å². The third-order valence-corrected chi connectivity index (χ3v) is 6.84. The summed E-state index contributed by atoms with van der Waals surface area (Å²) in [6, 6.07) is 11.6. The third-order valence-electron chi connectivity index (χ3n) is 4.96. The van der Waals surface area contributed by atoms with Gasteiger partial charge in [-0.05, 0) is 35.9 Å². The average molecular weight is 449 g/mol. The van der Waals surface area contributed by atoms with Crippen molar-refractivity contribution >= 4 is 33.2 Å². The van der Waals surface area contributed by atoms with Crippen molar-refractivity contribution in [3.63, 3.8) is 0 Å². The second-order valence-corrected chi connectivity index (χ2v) is 9.29. The van der Waals surface area contributed by atoms with Gasteiger partial charge in [-0.2, -0.15) is 8.42 Å². The molecule has 0 bridgehead atoms. The van der Waals surface area contributed by atoms with E-state index >= 15 is 0 Å². The molecule has 1 amide bonds. The first-order valence-corrected chi connectivity index (χ1v) is 10.9. The molecule has 0 spiro atoms. The second kappa shape index (κ2) is 7.73. The quantitative estimate of drug-likeness (QED) is 0.648. The predicted octanol–water partition coefficient (Wildman–Crippen LogP) is 3.01. The highest BCUT2D eigenvalue weighted by molar-refractivity contribution is 7.89. The number of imidazole rings is 1. The number of benzene rings is 2. The van der Waals surface area contributed by atoms with Crippen LogP contribution in [0.5, 0.6) is 0 Å². The first-order valence-electron chi connectivity index (χ1n) is 9.08. The highest BCUT2D eigenvalue weighted by Crippen LogP contribution is 2.34. The van der Waals surface area contributed by atoms with E-state index in [-0.39, 0.29) is 11.6 Å². The molecule has 2 heterocycles. The van der Waals surface area contributed by atoms with Gasteiger partial charge in [0.1, 0.15) is 11.9 Å². The van der Waals surface area contributed by atoms with Crippen molar-refractivity contribution in [3.05, 3.63) is 77.5 Å². The lowest BCUT2D eigenvalue weighted by Gasteiger charge is -2.19. The number of carbonyl (C=O) groups is 1. The van der Waals surface area contributed by atoms with E-state index in [4.69, 9.17) is 11.6 Å². The molecule has 0 aliphatic carbocycles. The van der Waals surface area contributed by atoms with Gasteiger partial charge >= 0.3 is 0 Å². The average Bonchev–Trinajstić information content (AvgIpc) is 3.28. The maximum absolute atomic E-state index is 13.4. The van der Waals surface area contributed by atoms with Crippen LogP contribution in [0.3, 0.4) is 0 Å². The minimum Gasteiger partial charge on any atom is -0.373 e. The highest BCUT2D eigenvalue weighted by Gasteiger charge is 2.47. The molecule has 1 N–H and O–H groups in total. The Morgan fingerprint density at radius 2 is 1.93 bits per heavy atom. The number of nitrogens with zero attached hydrogens (tertiary/aromatic N) is 3. The van der Waals surface area contributed by atoms with E-state index in [9.17, 15) is 17.6 Å². The topological polar surface area (TPSA) is 84.3 Å². The molecule has 4 rings (SSSR count). The molecular formula is C20H18ClFN4O3S. The zero-order valence-electron chi connectivity index (χ0n) is 15.9. The van der Waals surface area contributed by atoms with Crippen LogP contribution in [0.25, 0.3) is 0 Å². The van der Waals surface area contributed by atoms with Gasteiger partial charge in [-0.25, -0.2) is 13.7 Å². The molecular weight excluding hydrogens is 431 g/mol. The molecule has 156 valence electrons. The number of sulfonamides is 1. The van der Waals surface area contributed by atoms with Gasteiger partial charge in [0.05, 0.1) is 6.33 Å². The summed E-state index contributed by atoms with van der Waals surface area (Å²) in [4.78, 5) is 17.1. The van der Waals surface area contributed by atoms with Gasteiger partial charge in [0.15, 0.2) is 5.03 Å². The Bertz CT molecular complexity index is 1200. The molecule has 0 radical (unpaired) electrons. The van der Waals surface area contributed by atoms with Gasteiger partial charge in [0.2, 0.25) is 0 Å². The summed E-state index contributed by atoms with van der Waals surface area (Å²) < 4.78 is 41.9. The SMILES string of the molecule is Cn1cnc(S(=O)(=O)N2C[C@H](c3ccc(F)cc3)[C@@H](Nc3cccc(Cl)c3)C2=O)c1. The number of aryl methyl sites for hydroxylation is 1. The largest absolute Gasteiger partial charge is 0.373 e. The Labute approximate surface area is 178 Å². The number of carbonyl (C=O) groups excluding carboxylic acids is 1. The van der Waals surface area contributed by atoms with E-state index in [1.807, 2.05) is 0 Å². The fourth-order valence-corrected chi connectivity index (χ4v) is 5.08. The maximum atomic E-state index is 13.4. The van der Waals surface area contributed by atoms with Gasteiger partial charge in [0, 0.05) is 36.4 Å². The number of anilines is 1. The van der Waals surface area contributed by atoms with E-state index in [0.29, 0.717) is 16.3 Å². The van der Waals surface area contributed by atoms with E-state index in [2.05, 4.69) is 10.3 Å². The fraction of sp³-hybridized carbons (Fsp3) is 0.200. The number of hydrogen-bond donors (Lipinski definition) is 1. The summed E-state index contributed by atoms with van der Waals surface area (Å²) in [5, 5.41) is 3.36. The van der Waals surface area contributed by atoms with Crippen LogP contribution in [0.15, 0.2) is 66.1 Å². The normalized spacial score (nSPS) is 19.3. The van der Waals surface area contributed by atoms with E-state index in [1.54, 1.807) is 43.4 Å². The van der Waals surface area contributed by atoms with Crippen molar-refractivity contribution < 1.29 is 17.6 Å². The lowest BCUT2D eigenvalue weighted by atomic mass is 9.94. The number of hydrogen-bond acceptors (Lipinski definition) is 5. The first-order chi connectivity index (χ1) is 14.3. The molecule has 2 atom stereocenters. The zero-order valence-corrected chi connectivity index (χ0v) is 17.4. The summed E-state index contributed by atoms with van der Waals surface area (Å²) in [5.41, 5.74) is 1.22. The first kappa shape index (κ1) is 20.4. The Morgan fingerprint density at radius 3 is 2.57 bits per heavy atom. The molecule has 1 aliphatic heterocycles. The van der Waals surface area contributed by atoms with Gasteiger partial charge < -0.3 is 9.88 Å². The molecule has 1 aromatic heterocycles. The molecule has 3 aromatic rings. The van der Waals surface area contributed by atoms with Crippen molar-refractivity contribution in [1.29, 1.82) is 0 Å². The van der Waals surface area contributed by atoms with Crippen LogP contribution < -0.4 is 5.32 Å². The molecule has 7 nitrogen and oxygen atoms in total. The van der Waals surface area contributed by atoms with Gasteiger partial charge in [-0.1, -0.05) is 29.8 Å². The van der Waals surface area contributed by atoms with Crippen molar-refractivity contribution in [2.75, 3.05) is 11.9 Å². The lowest BCUT2D eigenvalue weighted by Crippen LogP contribution is -2.38. The number of halogens is 2. The van der Waals surface area contributed by atoms with Crippen molar-refractivity contribution in [2.45, 2.75) is 17.0 Å². The minimum atomic E-state index is -4.14. The smallest absolute Gasteiger partial charge is 0.285 e. The molecule has 1 fully saturated rings. The Balaban J connectivity index is 1.73. The van der Waals surface area contributed by atoms with Crippen LogP contribution in [0.1, 0.15) is 11.5 Å². The van der Waals surface area contributed by atoms with E-state index in [1.165, 1.54) is 29.2 Å². The molecule has 0 saturated carbocycles. The fourth-order valence-electron chi connectivity index (χ4n) is 3.48. The summed E-state index contributed by atoms with van der Waals surface area (Å²) in [6.07, 6.45) is 2.69. The van der Waals surface area contributed by atoms with Crippen LogP contribution in [0.4, 0.5) is 10.1 Å². The summed E-state index contributed by atoms with van der Waals surface area (Å²) in [6.45, 7) is -0.0956. The van der Waals surface area contributed by atoms with Crippen LogP contribution in [-0.2, 0) is 21.9 Å². The summed E-state index contributed by atoms with van der Waals surface area (Å²) in [7, 11) is -2.50. The summed E-state index contributed by atoms with van der Waals surface area (Å²) >= 11 is 6.04. The van der Waals surface area contributed by atoms with Crippen molar-refractivity contribution in [2.24, 2.45) is 7.05 Å².